The monoisotopic (exact) mass is 401 g/mol. The first kappa shape index (κ1) is 21.3. The molecule has 0 fully saturated rings. The van der Waals surface area contributed by atoms with Gasteiger partial charge in [-0.2, -0.15) is 5.10 Å². The quantitative estimate of drug-likeness (QED) is 0.304. The number of para-hydroxylation sites is 1. The van der Waals surface area contributed by atoms with Gasteiger partial charge in [-0.1, -0.05) is 24.3 Å². The predicted octanol–water partition coefficient (Wildman–Crippen LogP) is 3.20. The van der Waals surface area contributed by atoms with Crippen molar-refractivity contribution in [3.8, 4) is 0 Å². The highest BCUT2D eigenvalue weighted by Crippen LogP contribution is 2.32. The molecule has 0 heterocycles. The normalized spacial score (nSPS) is 11.8. The van der Waals surface area contributed by atoms with Gasteiger partial charge in [-0.05, 0) is 37.3 Å². The Bertz CT molecular complexity index is 845. The third-order valence-corrected chi connectivity index (χ3v) is 4.08. The Hall–Kier alpha value is -3.04. The van der Waals surface area contributed by atoms with Crippen LogP contribution >= 0.6 is 12.2 Å². The van der Waals surface area contributed by atoms with Gasteiger partial charge in [0.1, 0.15) is 5.69 Å². The first-order chi connectivity index (χ1) is 13.4. The molecule has 2 rings (SSSR count). The van der Waals surface area contributed by atoms with Crippen LogP contribution in [0.2, 0.25) is 0 Å². The minimum atomic E-state index is -0.405. The number of nitro groups is 1. The number of thiocarbonyl (C=S) groups is 1. The highest BCUT2D eigenvalue weighted by Gasteiger charge is 2.18. The zero-order valence-electron chi connectivity index (χ0n) is 16.0. The lowest BCUT2D eigenvalue weighted by Gasteiger charge is -2.19. The second-order valence-electron chi connectivity index (χ2n) is 6.10. The summed E-state index contributed by atoms with van der Waals surface area (Å²) in [6, 6.07) is 14.4. The van der Waals surface area contributed by atoms with Gasteiger partial charge in [-0.3, -0.25) is 15.5 Å². The fourth-order valence-corrected chi connectivity index (χ4v) is 2.81. The van der Waals surface area contributed by atoms with E-state index < -0.39 is 4.92 Å². The number of methoxy groups -OCH3 is 1. The molecule has 2 aromatic rings. The smallest absolute Gasteiger partial charge is 0.293 e. The Labute approximate surface area is 169 Å². The van der Waals surface area contributed by atoms with E-state index in [1.54, 1.807) is 31.2 Å². The highest BCUT2D eigenvalue weighted by molar-refractivity contribution is 7.80. The van der Waals surface area contributed by atoms with Crippen molar-refractivity contribution >= 4 is 40.6 Å². The van der Waals surface area contributed by atoms with Crippen LogP contribution in [0, 0.1) is 10.1 Å². The van der Waals surface area contributed by atoms with Gasteiger partial charge < -0.3 is 15.0 Å². The molecule has 2 aromatic carbocycles. The highest BCUT2D eigenvalue weighted by atomic mass is 32.1. The van der Waals surface area contributed by atoms with E-state index >= 15 is 0 Å². The molecule has 0 amide bonds. The van der Waals surface area contributed by atoms with Crippen molar-refractivity contribution in [2.45, 2.75) is 13.0 Å². The summed E-state index contributed by atoms with van der Waals surface area (Å²) in [6.45, 7) is 2.43. The van der Waals surface area contributed by atoms with Crippen molar-refractivity contribution in [2.24, 2.45) is 5.10 Å². The Kier molecular flexibility index (Phi) is 7.85. The van der Waals surface area contributed by atoms with Crippen LogP contribution in [0.25, 0.3) is 0 Å². The van der Waals surface area contributed by atoms with Crippen LogP contribution in [-0.2, 0) is 4.74 Å². The second kappa shape index (κ2) is 10.3. The summed E-state index contributed by atoms with van der Waals surface area (Å²) in [5, 5.41) is 18.9. The van der Waals surface area contributed by atoms with Crippen molar-refractivity contribution < 1.29 is 9.66 Å². The maximum absolute atomic E-state index is 11.6. The van der Waals surface area contributed by atoms with E-state index in [0.29, 0.717) is 23.0 Å². The minimum Gasteiger partial charge on any atom is -0.383 e. The number of benzene rings is 2. The molecule has 28 heavy (non-hydrogen) atoms. The van der Waals surface area contributed by atoms with E-state index in [-0.39, 0.29) is 11.7 Å². The van der Waals surface area contributed by atoms with Gasteiger partial charge in [-0.25, -0.2) is 0 Å². The molecule has 0 aliphatic rings. The molecule has 0 saturated carbocycles. The van der Waals surface area contributed by atoms with Gasteiger partial charge in [-0.15, -0.1) is 0 Å². The summed E-state index contributed by atoms with van der Waals surface area (Å²) in [6.07, 6.45) is 1.48. The van der Waals surface area contributed by atoms with Crippen molar-refractivity contribution in [1.29, 1.82) is 0 Å². The minimum absolute atomic E-state index is 0.00952. The lowest BCUT2D eigenvalue weighted by atomic mass is 10.1. The van der Waals surface area contributed by atoms with Crippen molar-refractivity contribution in [2.75, 3.05) is 25.7 Å². The molecule has 9 heteroatoms. The number of nitro benzene ring substituents is 1. The van der Waals surface area contributed by atoms with Gasteiger partial charge in [0, 0.05) is 37.5 Å². The number of anilines is 2. The van der Waals surface area contributed by atoms with Crippen molar-refractivity contribution in [1.82, 2.24) is 10.7 Å². The average Bonchev–Trinajstić information content (AvgIpc) is 2.68. The van der Waals surface area contributed by atoms with E-state index in [1.807, 2.05) is 37.3 Å². The van der Waals surface area contributed by atoms with Gasteiger partial charge in [0.25, 0.3) is 5.69 Å². The molecule has 0 saturated heterocycles. The molecule has 2 N–H and O–H groups in total. The number of hydrazone groups is 1. The van der Waals surface area contributed by atoms with Gasteiger partial charge >= 0.3 is 0 Å². The zero-order chi connectivity index (χ0) is 20.5. The van der Waals surface area contributed by atoms with Crippen LogP contribution in [0.15, 0.2) is 53.6 Å². The van der Waals surface area contributed by atoms with Crippen LogP contribution in [0.5, 0.6) is 0 Å². The SMILES string of the molecule is COC[C@@H](C)NC(=S)N/N=C\c1ccc(N(C)c2ccccc2)c([N+](=O)[O-])c1. The molecular weight excluding hydrogens is 378 g/mol. The Morgan fingerprint density at radius 1 is 1.36 bits per heavy atom. The molecule has 8 nitrogen and oxygen atoms in total. The number of hydrogen-bond acceptors (Lipinski definition) is 6. The maximum Gasteiger partial charge on any atom is 0.293 e. The van der Waals surface area contributed by atoms with Crippen LogP contribution < -0.4 is 15.6 Å². The maximum atomic E-state index is 11.6. The first-order valence-electron chi connectivity index (χ1n) is 8.58. The third-order valence-electron chi connectivity index (χ3n) is 3.87. The summed E-state index contributed by atoms with van der Waals surface area (Å²) in [5.74, 6) is 0. The Morgan fingerprint density at radius 2 is 2.07 bits per heavy atom. The molecule has 1 atom stereocenters. The molecular formula is C19H23N5O3S. The van der Waals surface area contributed by atoms with Crippen LogP contribution in [0.3, 0.4) is 0 Å². The largest absolute Gasteiger partial charge is 0.383 e. The van der Waals surface area contributed by atoms with E-state index in [9.17, 15) is 10.1 Å². The lowest BCUT2D eigenvalue weighted by Crippen LogP contribution is -2.40. The topological polar surface area (TPSA) is 92.0 Å². The molecule has 0 aliphatic carbocycles. The fraction of sp³-hybridized carbons (Fsp3) is 0.263. The first-order valence-corrected chi connectivity index (χ1v) is 8.99. The number of hydrogen-bond donors (Lipinski definition) is 2. The molecule has 0 aliphatic heterocycles. The molecule has 0 bridgehead atoms. The third kappa shape index (κ3) is 6.00. The summed E-state index contributed by atoms with van der Waals surface area (Å²) < 4.78 is 5.02. The lowest BCUT2D eigenvalue weighted by molar-refractivity contribution is -0.384. The fourth-order valence-electron chi connectivity index (χ4n) is 2.55. The molecule has 148 valence electrons. The summed E-state index contributed by atoms with van der Waals surface area (Å²) in [5.41, 5.74) is 4.61. The summed E-state index contributed by atoms with van der Waals surface area (Å²) >= 11 is 5.13. The summed E-state index contributed by atoms with van der Waals surface area (Å²) in [7, 11) is 3.40. The summed E-state index contributed by atoms with van der Waals surface area (Å²) in [4.78, 5) is 12.9. The van der Waals surface area contributed by atoms with E-state index in [0.717, 1.165) is 5.69 Å². The van der Waals surface area contributed by atoms with Gasteiger partial charge in [0.2, 0.25) is 0 Å². The average molecular weight is 401 g/mol. The van der Waals surface area contributed by atoms with Crippen LogP contribution in [-0.4, -0.2) is 43.1 Å². The number of nitrogens with one attached hydrogen (secondary N) is 2. The zero-order valence-corrected chi connectivity index (χ0v) is 16.8. The van der Waals surface area contributed by atoms with E-state index in [1.165, 1.54) is 12.3 Å². The molecule has 0 radical (unpaired) electrons. The van der Waals surface area contributed by atoms with Crippen molar-refractivity contribution in [3.63, 3.8) is 0 Å². The van der Waals surface area contributed by atoms with Gasteiger partial charge in [0.05, 0.1) is 17.7 Å². The van der Waals surface area contributed by atoms with Crippen LogP contribution in [0.1, 0.15) is 12.5 Å². The Morgan fingerprint density at radius 3 is 2.71 bits per heavy atom. The van der Waals surface area contributed by atoms with E-state index in [4.69, 9.17) is 17.0 Å². The second-order valence-corrected chi connectivity index (χ2v) is 6.51. The standard InChI is InChI=1S/C19H23N5O3S/c1-14(13-27-3)21-19(28)22-20-12-15-9-10-17(18(11-15)24(25)26)23(2)16-7-5-4-6-8-16/h4-12,14H,13H2,1-3H3,(H2,21,22,28)/b20-12-/t14-/m1/s1. The molecule has 0 spiro atoms. The number of rotatable bonds is 8. The predicted molar refractivity (Wildman–Crippen MR) is 115 cm³/mol. The van der Waals surface area contributed by atoms with E-state index in [2.05, 4.69) is 15.8 Å². The molecule has 0 aromatic heterocycles. The number of ether oxygens (including phenoxy) is 1. The van der Waals surface area contributed by atoms with Crippen molar-refractivity contribution in [3.05, 3.63) is 64.2 Å². The number of nitrogens with zero attached hydrogens (tertiary/aromatic N) is 3. The molecule has 0 unspecified atom stereocenters. The Balaban J connectivity index is 2.12. The van der Waals surface area contributed by atoms with Crippen LogP contribution in [0.4, 0.5) is 17.1 Å². The van der Waals surface area contributed by atoms with Gasteiger partial charge in [0.15, 0.2) is 5.11 Å².